The highest BCUT2D eigenvalue weighted by Gasteiger charge is 2.09. The van der Waals surface area contributed by atoms with Gasteiger partial charge in [-0.25, -0.2) is 0 Å². The number of hydrogen-bond donors (Lipinski definition) is 2. The minimum atomic E-state index is 0.0463. The van der Waals surface area contributed by atoms with Gasteiger partial charge in [-0.1, -0.05) is 33.1 Å². The molecular weight excluding hydrogens is 152 g/mol. The monoisotopic (exact) mass is 174 g/mol. The van der Waals surface area contributed by atoms with Gasteiger partial charge in [0.05, 0.1) is 6.10 Å². The summed E-state index contributed by atoms with van der Waals surface area (Å²) in [4.78, 5) is 0. The lowest BCUT2D eigenvalue weighted by Crippen LogP contribution is -1.96. The van der Waals surface area contributed by atoms with Crippen LogP contribution in [-0.4, -0.2) is 22.9 Å². The van der Waals surface area contributed by atoms with Crippen LogP contribution in [0.3, 0.4) is 0 Å². The smallest absolute Gasteiger partial charge is 0.0540 e. The van der Waals surface area contributed by atoms with E-state index in [2.05, 4.69) is 6.92 Å². The molecule has 0 aromatic carbocycles. The molecule has 0 spiro atoms. The van der Waals surface area contributed by atoms with Crippen LogP contribution >= 0.6 is 0 Å². The van der Waals surface area contributed by atoms with E-state index >= 15 is 0 Å². The van der Waals surface area contributed by atoms with Crippen molar-refractivity contribution in [1.29, 1.82) is 0 Å². The molecule has 0 aromatic heterocycles. The fourth-order valence-corrected chi connectivity index (χ4v) is 1.03. The van der Waals surface area contributed by atoms with Gasteiger partial charge in [-0.2, -0.15) is 0 Å². The van der Waals surface area contributed by atoms with Crippen LogP contribution in [0.15, 0.2) is 0 Å². The number of rotatable bonds is 2. The van der Waals surface area contributed by atoms with Crippen LogP contribution < -0.4 is 0 Å². The summed E-state index contributed by atoms with van der Waals surface area (Å²) < 4.78 is 0. The Hall–Kier alpha value is -0.0800. The van der Waals surface area contributed by atoms with Crippen LogP contribution in [0, 0.1) is 5.92 Å². The molecule has 1 aliphatic rings. The number of hydrogen-bond acceptors (Lipinski definition) is 2. The van der Waals surface area contributed by atoms with Crippen LogP contribution in [0.4, 0.5) is 0 Å². The third kappa shape index (κ3) is 6.62. The molecule has 0 aliphatic heterocycles. The Labute approximate surface area is 75.6 Å². The molecule has 12 heavy (non-hydrogen) atoms. The van der Waals surface area contributed by atoms with Gasteiger partial charge >= 0.3 is 0 Å². The summed E-state index contributed by atoms with van der Waals surface area (Å²) in [6.45, 7) is 4.43. The molecule has 0 radical (unpaired) electrons. The van der Waals surface area contributed by atoms with E-state index in [-0.39, 0.29) is 6.10 Å². The van der Waals surface area contributed by atoms with Gasteiger partial charge in [0.2, 0.25) is 0 Å². The molecule has 1 rings (SSSR count). The molecule has 2 nitrogen and oxygen atoms in total. The van der Waals surface area contributed by atoms with Gasteiger partial charge in [0, 0.05) is 6.61 Å². The quantitative estimate of drug-likeness (QED) is 0.671. The zero-order valence-corrected chi connectivity index (χ0v) is 8.29. The summed E-state index contributed by atoms with van der Waals surface area (Å²) in [6.07, 6.45) is 5.68. The number of aliphatic hydroxyl groups is 2. The Bertz CT molecular complexity index is 83.8. The first-order valence-electron chi connectivity index (χ1n) is 4.99. The lowest BCUT2D eigenvalue weighted by Gasteiger charge is -1.98. The molecule has 1 aliphatic carbocycles. The van der Waals surface area contributed by atoms with Crippen molar-refractivity contribution in [1.82, 2.24) is 0 Å². The van der Waals surface area contributed by atoms with Crippen LogP contribution in [0.2, 0.25) is 0 Å². The van der Waals surface area contributed by atoms with Crippen molar-refractivity contribution >= 4 is 0 Å². The Morgan fingerprint density at radius 1 is 1.33 bits per heavy atom. The fourth-order valence-electron chi connectivity index (χ4n) is 1.03. The molecule has 2 N–H and O–H groups in total. The first-order valence-corrected chi connectivity index (χ1v) is 4.99. The summed E-state index contributed by atoms with van der Waals surface area (Å²) in [5.41, 5.74) is 0. The van der Waals surface area contributed by atoms with Gasteiger partial charge in [0.25, 0.3) is 0 Å². The molecule has 0 bridgehead atoms. The molecule has 0 heterocycles. The summed E-state index contributed by atoms with van der Waals surface area (Å²) in [7, 11) is 0. The molecule has 0 aromatic rings. The Balaban J connectivity index is 0.000000202. The van der Waals surface area contributed by atoms with Crippen molar-refractivity contribution in [3.8, 4) is 0 Å². The second-order valence-electron chi connectivity index (χ2n) is 3.63. The van der Waals surface area contributed by atoms with Crippen LogP contribution in [0.1, 0.15) is 46.0 Å². The van der Waals surface area contributed by atoms with Gasteiger partial charge < -0.3 is 10.2 Å². The van der Waals surface area contributed by atoms with Crippen molar-refractivity contribution in [3.05, 3.63) is 0 Å². The highest BCUT2D eigenvalue weighted by Crippen LogP contribution is 2.16. The van der Waals surface area contributed by atoms with Gasteiger partial charge in [0.1, 0.15) is 0 Å². The minimum absolute atomic E-state index is 0.0463. The summed E-state index contributed by atoms with van der Waals surface area (Å²) in [6, 6.07) is 0. The van der Waals surface area contributed by atoms with E-state index in [0.717, 1.165) is 19.3 Å². The minimum Gasteiger partial charge on any atom is -0.396 e. The lowest BCUT2D eigenvalue weighted by molar-refractivity contribution is 0.183. The molecule has 2 heteroatoms. The lowest BCUT2D eigenvalue weighted by atomic mass is 10.1. The Morgan fingerprint density at radius 2 is 1.83 bits per heavy atom. The largest absolute Gasteiger partial charge is 0.396 e. The molecule has 1 fully saturated rings. The first kappa shape index (κ1) is 11.9. The van der Waals surface area contributed by atoms with E-state index in [4.69, 9.17) is 10.2 Å². The molecule has 0 saturated heterocycles. The second kappa shape index (κ2) is 7.56. The maximum atomic E-state index is 8.73. The van der Waals surface area contributed by atoms with E-state index < -0.39 is 0 Å². The SMILES string of the molecule is CCC(C)CO.OC1CCCC1. The average Bonchev–Trinajstić information content (AvgIpc) is 2.55. The fraction of sp³-hybridized carbons (Fsp3) is 1.00. The van der Waals surface area contributed by atoms with Crippen LogP contribution in [0.25, 0.3) is 0 Å². The standard InChI is InChI=1S/C5H10O.C5H12O/c6-5-3-1-2-4-5;1-3-5(2)4-6/h5-6H,1-4H2;5-6H,3-4H2,1-2H3. The highest BCUT2D eigenvalue weighted by atomic mass is 16.3. The average molecular weight is 174 g/mol. The van der Waals surface area contributed by atoms with E-state index in [1.807, 2.05) is 6.92 Å². The first-order chi connectivity index (χ1) is 5.70. The molecule has 0 amide bonds. The summed E-state index contributed by atoms with van der Waals surface area (Å²) in [5.74, 6) is 0.491. The summed E-state index contributed by atoms with van der Waals surface area (Å²) in [5, 5.41) is 17.1. The maximum absolute atomic E-state index is 8.73. The van der Waals surface area contributed by atoms with Crippen LogP contribution in [-0.2, 0) is 0 Å². The van der Waals surface area contributed by atoms with Crippen molar-refractivity contribution in [2.75, 3.05) is 6.61 Å². The molecular formula is C10H22O2. The second-order valence-corrected chi connectivity index (χ2v) is 3.63. The molecule has 1 atom stereocenters. The third-order valence-corrected chi connectivity index (χ3v) is 2.33. The highest BCUT2D eigenvalue weighted by molar-refractivity contribution is 4.63. The maximum Gasteiger partial charge on any atom is 0.0540 e. The van der Waals surface area contributed by atoms with Gasteiger partial charge in [-0.05, 0) is 18.8 Å². The van der Waals surface area contributed by atoms with E-state index in [9.17, 15) is 0 Å². The van der Waals surface area contributed by atoms with Gasteiger partial charge in [0.15, 0.2) is 0 Å². The molecule has 1 saturated carbocycles. The number of aliphatic hydroxyl groups excluding tert-OH is 2. The van der Waals surface area contributed by atoms with E-state index in [1.54, 1.807) is 0 Å². The van der Waals surface area contributed by atoms with Crippen molar-refractivity contribution < 1.29 is 10.2 Å². The zero-order valence-electron chi connectivity index (χ0n) is 8.29. The van der Waals surface area contributed by atoms with Crippen molar-refractivity contribution in [3.63, 3.8) is 0 Å². The van der Waals surface area contributed by atoms with Crippen molar-refractivity contribution in [2.45, 2.75) is 52.1 Å². The predicted molar refractivity (Wildman–Crippen MR) is 51.0 cm³/mol. The van der Waals surface area contributed by atoms with Gasteiger partial charge in [-0.15, -0.1) is 0 Å². The topological polar surface area (TPSA) is 40.5 Å². The van der Waals surface area contributed by atoms with Crippen molar-refractivity contribution in [2.24, 2.45) is 5.92 Å². The third-order valence-electron chi connectivity index (χ3n) is 2.33. The Morgan fingerprint density at radius 3 is 1.92 bits per heavy atom. The van der Waals surface area contributed by atoms with Crippen LogP contribution in [0.5, 0.6) is 0 Å². The zero-order chi connectivity index (χ0) is 9.40. The normalized spacial score (nSPS) is 20.0. The Kier molecular flexibility index (Phi) is 7.51. The molecule has 1 unspecified atom stereocenters. The van der Waals surface area contributed by atoms with E-state index in [1.165, 1.54) is 12.8 Å². The summed E-state index contributed by atoms with van der Waals surface area (Å²) >= 11 is 0. The predicted octanol–water partition coefficient (Wildman–Crippen LogP) is 1.95. The molecule has 74 valence electrons. The van der Waals surface area contributed by atoms with E-state index in [0.29, 0.717) is 12.5 Å². The van der Waals surface area contributed by atoms with Gasteiger partial charge in [-0.3, -0.25) is 0 Å².